The first kappa shape index (κ1) is 22.4. The van der Waals surface area contributed by atoms with Crippen LogP contribution in [0.2, 0.25) is 0 Å². The van der Waals surface area contributed by atoms with Gasteiger partial charge in [-0.15, -0.1) is 0 Å². The van der Waals surface area contributed by atoms with Gasteiger partial charge in [0, 0.05) is 19.0 Å². The molecule has 2 N–H and O–H groups in total. The fraction of sp³-hybridized carbons (Fsp3) is 0.444. The van der Waals surface area contributed by atoms with Gasteiger partial charge in [0.15, 0.2) is 0 Å². The van der Waals surface area contributed by atoms with Crippen LogP contribution in [0.15, 0.2) is 48.5 Å². The number of ether oxygens (including phenoxy) is 1. The Balaban J connectivity index is 1.25. The Bertz CT molecular complexity index is 1090. The Morgan fingerprint density at radius 1 is 1.06 bits per heavy atom. The van der Waals surface area contributed by atoms with Crippen LogP contribution >= 0.6 is 0 Å². The predicted octanol–water partition coefficient (Wildman–Crippen LogP) is 3.87. The first-order valence-corrected chi connectivity index (χ1v) is 11.9. The van der Waals surface area contributed by atoms with Crippen molar-refractivity contribution < 1.29 is 24.2 Å². The summed E-state index contributed by atoms with van der Waals surface area (Å²) in [5.41, 5.74) is 4.06. The average molecular weight is 463 g/mol. The lowest BCUT2D eigenvalue weighted by molar-refractivity contribution is -0.144. The van der Waals surface area contributed by atoms with Gasteiger partial charge in [-0.05, 0) is 46.4 Å². The minimum atomic E-state index is -0.896. The molecule has 2 unspecified atom stereocenters. The molecule has 5 rings (SSSR count). The average Bonchev–Trinajstić information content (AvgIpc) is 3.53. The minimum Gasteiger partial charge on any atom is -0.481 e. The summed E-state index contributed by atoms with van der Waals surface area (Å²) in [5.74, 6) is -1.71. The number of hydrogen-bond donors (Lipinski definition) is 2. The van der Waals surface area contributed by atoms with Crippen molar-refractivity contribution in [3.8, 4) is 11.1 Å². The Hall–Kier alpha value is -3.35. The van der Waals surface area contributed by atoms with E-state index in [0.29, 0.717) is 6.54 Å². The SMILES string of the molecule is CC1(C)CN(C(=O)C(NC(=O)OCC2c3ccccc3-c3ccccc32)C2CC2)CC1C(=O)O. The van der Waals surface area contributed by atoms with Crippen LogP contribution < -0.4 is 5.32 Å². The summed E-state index contributed by atoms with van der Waals surface area (Å²) in [6.45, 7) is 4.44. The smallest absolute Gasteiger partial charge is 0.407 e. The largest absolute Gasteiger partial charge is 0.481 e. The first-order valence-electron chi connectivity index (χ1n) is 11.9. The molecular formula is C27H30N2O5. The van der Waals surface area contributed by atoms with Crippen LogP contribution in [0.1, 0.15) is 43.7 Å². The minimum absolute atomic E-state index is 0.0519. The molecule has 0 bridgehead atoms. The Labute approximate surface area is 199 Å². The van der Waals surface area contributed by atoms with Crippen LogP contribution in [0.5, 0.6) is 0 Å². The molecule has 2 aromatic rings. The van der Waals surface area contributed by atoms with E-state index in [4.69, 9.17) is 4.74 Å². The van der Waals surface area contributed by atoms with Crippen molar-refractivity contribution in [2.24, 2.45) is 17.3 Å². The molecule has 2 aliphatic carbocycles. The normalized spacial score (nSPS) is 21.5. The molecule has 1 saturated heterocycles. The van der Waals surface area contributed by atoms with E-state index in [2.05, 4.69) is 29.6 Å². The van der Waals surface area contributed by atoms with Crippen molar-refractivity contribution in [1.29, 1.82) is 0 Å². The Kier molecular flexibility index (Phi) is 5.58. The maximum atomic E-state index is 13.3. The summed E-state index contributed by atoms with van der Waals surface area (Å²) in [5, 5.41) is 12.3. The molecule has 2 atom stereocenters. The van der Waals surface area contributed by atoms with Crippen molar-refractivity contribution in [3.63, 3.8) is 0 Å². The number of fused-ring (bicyclic) bond motifs is 3. The topological polar surface area (TPSA) is 95.9 Å². The number of carboxylic acid groups (broad SMARTS) is 1. The Morgan fingerprint density at radius 3 is 2.18 bits per heavy atom. The maximum absolute atomic E-state index is 13.3. The highest BCUT2D eigenvalue weighted by molar-refractivity contribution is 5.87. The molecule has 7 heteroatoms. The number of carbonyl (C=O) groups excluding carboxylic acids is 2. The molecule has 1 saturated carbocycles. The van der Waals surface area contributed by atoms with Gasteiger partial charge in [0.2, 0.25) is 5.91 Å². The monoisotopic (exact) mass is 462 g/mol. The second-order valence-corrected chi connectivity index (χ2v) is 10.4. The van der Waals surface area contributed by atoms with Crippen molar-refractivity contribution in [2.45, 2.75) is 38.6 Å². The van der Waals surface area contributed by atoms with Crippen molar-refractivity contribution in [3.05, 3.63) is 59.7 Å². The number of amides is 2. The van der Waals surface area contributed by atoms with E-state index in [1.807, 2.05) is 38.1 Å². The molecule has 1 heterocycles. The number of alkyl carbamates (subject to hydrolysis) is 1. The van der Waals surface area contributed by atoms with Gasteiger partial charge < -0.3 is 20.1 Å². The Morgan fingerprint density at radius 2 is 1.65 bits per heavy atom. The zero-order valence-corrected chi connectivity index (χ0v) is 19.5. The van der Waals surface area contributed by atoms with Crippen molar-refractivity contribution in [2.75, 3.05) is 19.7 Å². The summed E-state index contributed by atoms with van der Waals surface area (Å²) in [7, 11) is 0. The van der Waals surface area contributed by atoms with Gasteiger partial charge in [0.1, 0.15) is 12.6 Å². The third-order valence-corrected chi connectivity index (χ3v) is 7.53. The molecule has 0 aromatic heterocycles. The molecule has 0 spiro atoms. The second-order valence-electron chi connectivity index (χ2n) is 10.4. The summed E-state index contributed by atoms with van der Waals surface area (Å²) in [6.07, 6.45) is 1.11. The lowest BCUT2D eigenvalue weighted by atomic mass is 9.82. The highest BCUT2D eigenvalue weighted by atomic mass is 16.5. The van der Waals surface area contributed by atoms with Crippen molar-refractivity contribution >= 4 is 18.0 Å². The third-order valence-electron chi connectivity index (χ3n) is 7.53. The number of nitrogens with one attached hydrogen (secondary N) is 1. The van der Waals surface area contributed by atoms with E-state index in [-0.39, 0.29) is 30.9 Å². The van der Waals surface area contributed by atoms with Gasteiger partial charge in [-0.1, -0.05) is 62.4 Å². The van der Waals surface area contributed by atoms with E-state index in [1.165, 1.54) is 0 Å². The first-order chi connectivity index (χ1) is 16.3. The number of benzene rings is 2. The lowest BCUT2D eigenvalue weighted by Gasteiger charge is -2.25. The van der Waals surface area contributed by atoms with Crippen molar-refractivity contribution in [1.82, 2.24) is 10.2 Å². The maximum Gasteiger partial charge on any atom is 0.407 e. The van der Waals surface area contributed by atoms with E-state index in [0.717, 1.165) is 35.1 Å². The molecule has 34 heavy (non-hydrogen) atoms. The van der Waals surface area contributed by atoms with Gasteiger partial charge in [-0.3, -0.25) is 9.59 Å². The molecule has 178 valence electrons. The highest BCUT2D eigenvalue weighted by Crippen LogP contribution is 2.44. The summed E-state index contributed by atoms with van der Waals surface area (Å²) in [6, 6.07) is 15.6. The number of hydrogen-bond acceptors (Lipinski definition) is 4. The van der Waals surface area contributed by atoms with Crippen LogP contribution in [-0.2, 0) is 14.3 Å². The third kappa shape index (κ3) is 4.04. The zero-order chi connectivity index (χ0) is 24.0. The molecule has 3 aliphatic rings. The van der Waals surface area contributed by atoms with Gasteiger partial charge in [0.25, 0.3) is 0 Å². The zero-order valence-electron chi connectivity index (χ0n) is 19.5. The highest BCUT2D eigenvalue weighted by Gasteiger charge is 2.48. The fourth-order valence-corrected chi connectivity index (χ4v) is 5.49. The molecule has 2 aromatic carbocycles. The summed E-state index contributed by atoms with van der Waals surface area (Å²) >= 11 is 0. The van der Waals surface area contributed by atoms with Crippen LogP contribution in [-0.4, -0.2) is 53.7 Å². The molecular weight excluding hydrogens is 432 g/mol. The van der Waals surface area contributed by atoms with Crippen LogP contribution in [0.4, 0.5) is 4.79 Å². The van der Waals surface area contributed by atoms with Crippen LogP contribution in [0, 0.1) is 17.3 Å². The number of rotatable bonds is 6. The van der Waals surface area contributed by atoms with E-state index in [1.54, 1.807) is 4.90 Å². The predicted molar refractivity (Wildman–Crippen MR) is 126 cm³/mol. The molecule has 2 amide bonds. The van der Waals surface area contributed by atoms with Gasteiger partial charge in [-0.25, -0.2) is 4.79 Å². The number of aliphatic carboxylic acids is 1. The number of nitrogens with zero attached hydrogens (tertiary/aromatic N) is 1. The lowest BCUT2D eigenvalue weighted by Crippen LogP contribution is -2.49. The summed E-state index contributed by atoms with van der Waals surface area (Å²) in [4.78, 5) is 39.3. The fourth-order valence-electron chi connectivity index (χ4n) is 5.49. The quantitative estimate of drug-likeness (QED) is 0.679. The van der Waals surface area contributed by atoms with Crippen LogP contribution in [0.25, 0.3) is 11.1 Å². The molecule has 0 radical (unpaired) electrons. The number of carbonyl (C=O) groups is 3. The summed E-state index contributed by atoms with van der Waals surface area (Å²) < 4.78 is 5.65. The van der Waals surface area contributed by atoms with E-state index >= 15 is 0 Å². The van der Waals surface area contributed by atoms with Gasteiger partial charge in [-0.2, -0.15) is 0 Å². The molecule has 1 aliphatic heterocycles. The number of likely N-dealkylation sites (tertiary alicyclic amines) is 1. The molecule has 7 nitrogen and oxygen atoms in total. The van der Waals surface area contributed by atoms with Gasteiger partial charge >= 0.3 is 12.1 Å². The van der Waals surface area contributed by atoms with E-state index in [9.17, 15) is 19.5 Å². The molecule has 2 fully saturated rings. The van der Waals surface area contributed by atoms with Crippen LogP contribution in [0.3, 0.4) is 0 Å². The second kappa shape index (κ2) is 8.46. The van der Waals surface area contributed by atoms with Gasteiger partial charge in [0.05, 0.1) is 5.92 Å². The standard InChI is InChI=1S/C27H30N2O5/c1-27(2)15-29(13-22(27)25(31)32)24(30)23(16-11-12-16)28-26(33)34-14-21-19-9-5-3-7-17(19)18-8-4-6-10-20(18)21/h3-10,16,21-23H,11-15H2,1-2H3,(H,28,33)(H,31,32). The van der Waals surface area contributed by atoms with E-state index < -0.39 is 29.4 Å². The number of carboxylic acids is 1.